The van der Waals surface area contributed by atoms with Gasteiger partial charge in [0.25, 0.3) is 0 Å². The molecule has 1 aromatic carbocycles. The molecule has 1 saturated heterocycles. The quantitative estimate of drug-likeness (QED) is 0.743. The molecule has 0 radical (unpaired) electrons. The van der Waals surface area contributed by atoms with Gasteiger partial charge in [0, 0.05) is 24.7 Å². The number of hydrogen-bond donors (Lipinski definition) is 0. The summed E-state index contributed by atoms with van der Waals surface area (Å²) in [4.78, 5) is 11.5. The minimum absolute atomic E-state index is 0.105. The first kappa shape index (κ1) is 13.3. The van der Waals surface area contributed by atoms with E-state index in [1.54, 1.807) is 22.7 Å². The number of fused-ring (bicyclic) bond motifs is 1. The van der Waals surface area contributed by atoms with Crippen molar-refractivity contribution in [2.24, 2.45) is 0 Å². The molecule has 0 spiro atoms. The number of nitrogens with zero attached hydrogens (tertiary/aromatic N) is 3. The Kier molecular flexibility index (Phi) is 3.69. The SMILES string of the molecule is c1ccc2sc(CN3CCOC(c4nccs4)C3)nc2c1. The van der Waals surface area contributed by atoms with Gasteiger partial charge in [0.1, 0.15) is 16.1 Å². The van der Waals surface area contributed by atoms with Gasteiger partial charge in [-0.2, -0.15) is 0 Å². The van der Waals surface area contributed by atoms with E-state index in [-0.39, 0.29) is 6.10 Å². The third-order valence-corrected chi connectivity index (χ3v) is 5.46. The average molecular weight is 317 g/mol. The molecule has 0 N–H and O–H groups in total. The van der Waals surface area contributed by atoms with Crippen molar-refractivity contribution in [3.63, 3.8) is 0 Å². The Balaban J connectivity index is 1.48. The van der Waals surface area contributed by atoms with E-state index < -0.39 is 0 Å². The summed E-state index contributed by atoms with van der Waals surface area (Å²) >= 11 is 3.45. The highest BCUT2D eigenvalue weighted by Gasteiger charge is 2.24. The molecule has 0 saturated carbocycles. The first-order valence-corrected chi connectivity index (χ1v) is 8.66. The van der Waals surface area contributed by atoms with E-state index in [1.807, 2.05) is 17.6 Å². The molecule has 6 heteroatoms. The molecule has 3 heterocycles. The summed E-state index contributed by atoms with van der Waals surface area (Å²) in [7, 11) is 0. The Labute approximate surface area is 131 Å². The number of ether oxygens (including phenoxy) is 1. The maximum absolute atomic E-state index is 5.84. The van der Waals surface area contributed by atoms with E-state index in [0.717, 1.165) is 36.8 Å². The molecule has 2 aromatic heterocycles. The maximum Gasteiger partial charge on any atom is 0.123 e. The van der Waals surface area contributed by atoms with Gasteiger partial charge in [-0.3, -0.25) is 4.90 Å². The number of morpholine rings is 1. The lowest BCUT2D eigenvalue weighted by Crippen LogP contribution is -2.37. The van der Waals surface area contributed by atoms with E-state index in [1.165, 1.54) is 9.71 Å². The molecule has 1 unspecified atom stereocenters. The molecule has 21 heavy (non-hydrogen) atoms. The molecule has 0 amide bonds. The molecule has 1 fully saturated rings. The van der Waals surface area contributed by atoms with Crippen LogP contribution in [0.15, 0.2) is 35.8 Å². The van der Waals surface area contributed by atoms with Gasteiger partial charge in [0.15, 0.2) is 0 Å². The Bertz CT molecular complexity index is 692. The summed E-state index contributed by atoms with van der Waals surface area (Å²) in [6.45, 7) is 3.50. The minimum atomic E-state index is 0.105. The molecule has 108 valence electrons. The fourth-order valence-corrected chi connectivity index (χ4v) is 4.25. The van der Waals surface area contributed by atoms with Crippen LogP contribution in [0.5, 0.6) is 0 Å². The highest BCUT2D eigenvalue weighted by atomic mass is 32.1. The number of para-hydroxylation sites is 1. The molecule has 0 bridgehead atoms. The minimum Gasteiger partial charge on any atom is -0.368 e. The second-order valence-corrected chi connectivity index (χ2v) is 7.08. The highest BCUT2D eigenvalue weighted by molar-refractivity contribution is 7.18. The van der Waals surface area contributed by atoms with Crippen LogP contribution in [0.4, 0.5) is 0 Å². The van der Waals surface area contributed by atoms with E-state index in [9.17, 15) is 0 Å². The van der Waals surface area contributed by atoms with Gasteiger partial charge in [-0.15, -0.1) is 22.7 Å². The number of rotatable bonds is 3. The predicted octanol–water partition coefficient (Wildman–Crippen LogP) is 3.33. The fourth-order valence-electron chi connectivity index (χ4n) is 2.57. The van der Waals surface area contributed by atoms with E-state index >= 15 is 0 Å². The highest BCUT2D eigenvalue weighted by Crippen LogP contribution is 2.27. The molecule has 1 aliphatic rings. The third kappa shape index (κ3) is 2.85. The zero-order valence-electron chi connectivity index (χ0n) is 11.4. The molecule has 1 atom stereocenters. The lowest BCUT2D eigenvalue weighted by Gasteiger charge is -2.31. The van der Waals surface area contributed by atoms with Crippen LogP contribution >= 0.6 is 22.7 Å². The van der Waals surface area contributed by atoms with Crippen LogP contribution in [-0.2, 0) is 11.3 Å². The van der Waals surface area contributed by atoms with E-state index in [2.05, 4.69) is 28.1 Å². The van der Waals surface area contributed by atoms with Crippen molar-refractivity contribution in [2.45, 2.75) is 12.6 Å². The van der Waals surface area contributed by atoms with Gasteiger partial charge in [-0.25, -0.2) is 9.97 Å². The van der Waals surface area contributed by atoms with Crippen LogP contribution in [0.25, 0.3) is 10.2 Å². The van der Waals surface area contributed by atoms with Crippen molar-refractivity contribution in [1.82, 2.24) is 14.9 Å². The summed E-state index contributed by atoms with van der Waals surface area (Å²) < 4.78 is 7.10. The van der Waals surface area contributed by atoms with E-state index in [0.29, 0.717) is 0 Å². The van der Waals surface area contributed by atoms with Crippen LogP contribution < -0.4 is 0 Å². The first-order chi connectivity index (χ1) is 10.4. The maximum atomic E-state index is 5.84. The molecule has 3 aromatic rings. The molecular weight excluding hydrogens is 302 g/mol. The largest absolute Gasteiger partial charge is 0.368 e. The van der Waals surface area contributed by atoms with Crippen molar-refractivity contribution in [3.05, 3.63) is 45.9 Å². The summed E-state index contributed by atoms with van der Waals surface area (Å²) in [6, 6.07) is 8.32. The fraction of sp³-hybridized carbons (Fsp3) is 0.333. The summed E-state index contributed by atoms with van der Waals surface area (Å²) in [6.07, 6.45) is 1.95. The van der Waals surface area contributed by atoms with Crippen LogP contribution in [0.1, 0.15) is 16.1 Å². The second kappa shape index (κ2) is 5.81. The zero-order valence-corrected chi connectivity index (χ0v) is 13.1. The molecule has 4 rings (SSSR count). The Morgan fingerprint density at radius 1 is 1.33 bits per heavy atom. The van der Waals surface area contributed by atoms with Gasteiger partial charge in [0.05, 0.1) is 23.4 Å². The van der Waals surface area contributed by atoms with Crippen molar-refractivity contribution < 1.29 is 4.74 Å². The molecule has 4 nitrogen and oxygen atoms in total. The van der Waals surface area contributed by atoms with Crippen molar-refractivity contribution in [3.8, 4) is 0 Å². The number of thiazole rings is 2. The number of aromatic nitrogens is 2. The van der Waals surface area contributed by atoms with Crippen LogP contribution in [-0.4, -0.2) is 34.6 Å². The third-order valence-electron chi connectivity index (χ3n) is 3.57. The van der Waals surface area contributed by atoms with Gasteiger partial charge in [-0.1, -0.05) is 12.1 Å². The monoisotopic (exact) mass is 317 g/mol. The average Bonchev–Trinajstić information content (AvgIpc) is 3.16. The second-order valence-electron chi connectivity index (χ2n) is 5.04. The van der Waals surface area contributed by atoms with E-state index in [4.69, 9.17) is 9.72 Å². The van der Waals surface area contributed by atoms with Crippen molar-refractivity contribution in [2.75, 3.05) is 19.7 Å². The zero-order chi connectivity index (χ0) is 14.1. The molecular formula is C15H15N3OS2. The van der Waals surface area contributed by atoms with Gasteiger partial charge < -0.3 is 4.74 Å². The summed E-state index contributed by atoms with van der Waals surface area (Å²) in [5.41, 5.74) is 1.10. The summed E-state index contributed by atoms with van der Waals surface area (Å²) in [5, 5.41) is 4.26. The Hall–Kier alpha value is -1.34. The van der Waals surface area contributed by atoms with Crippen LogP contribution in [0.3, 0.4) is 0 Å². The van der Waals surface area contributed by atoms with Gasteiger partial charge in [-0.05, 0) is 12.1 Å². The smallest absolute Gasteiger partial charge is 0.123 e. The molecule has 1 aliphatic heterocycles. The van der Waals surface area contributed by atoms with Gasteiger partial charge in [0.2, 0.25) is 0 Å². The lowest BCUT2D eigenvalue weighted by atomic mass is 10.3. The topological polar surface area (TPSA) is 38.2 Å². The van der Waals surface area contributed by atoms with Crippen LogP contribution in [0, 0.1) is 0 Å². The summed E-state index contributed by atoms with van der Waals surface area (Å²) in [5.74, 6) is 0. The van der Waals surface area contributed by atoms with Crippen LogP contribution in [0.2, 0.25) is 0 Å². The Morgan fingerprint density at radius 2 is 2.29 bits per heavy atom. The molecule has 0 aliphatic carbocycles. The standard InChI is InChI=1S/C15H15N3OS2/c1-2-4-13-11(3-1)17-14(21-13)10-18-6-7-19-12(9-18)15-16-5-8-20-15/h1-5,8,12H,6-7,9-10H2. The van der Waals surface area contributed by atoms with Crippen molar-refractivity contribution in [1.29, 1.82) is 0 Å². The lowest BCUT2D eigenvalue weighted by molar-refractivity contribution is -0.0330. The number of benzene rings is 1. The predicted molar refractivity (Wildman–Crippen MR) is 85.7 cm³/mol. The Morgan fingerprint density at radius 3 is 3.14 bits per heavy atom. The van der Waals surface area contributed by atoms with Crippen molar-refractivity contribution >= 4 is 32.9 Å². The first-order valence-electron chi connectivity index (χ1n) is 6.96. The number of hydrogen-bond acceptors (Lipinski definition) is 6. The van der Waals surface area contributed by atoms with Gasteiger partial charge >= 0.3 is 0 Å². The normalized spacial score (nSPS) is 20.1.